The fourth-order valence-electron chi connectivity index (χ4n) is 3.78. The number of amides is 1. The van der Waals surface area contributed by atoms with Gasteiger partial charge >= 0.3 is 5.69 Å². The highest BCUT2D eigenvalue weighted by Gasteiger charge is 2.55. The minimum atomic E-state index is -2.32. The van der Waals surface area contributed by atoms with Gasteiger partial charge in [-0.05, 0) is 37.5 Å². The van der Waals surface area contributed by atoms with Crippen molar-refractivity contribution in [1.29, 1.82) is 0 Å². The lowest BCUT2D eigenvalue weighted by atomic mass is 9.98. The maximum atomic E-state index is 14.9. The Morgan fingerprint density at radius 3 is 2.93 bits per heavy atom. The van der Waals surface area contributed by atoms with Gasteiger partial charge in [0.15, 0.2) is 11.9 Å². The zero-order valence-electron chi connectivity index (χ0n) is 16.2. The highest BCUT2D eigenvalue weighted by Crippen LogP contribution is 2.40. The van der Waals surface area contributed by atoms with E-state index in [9.17, 15) is 24.2 Å². The molecule has 2 aliphatic rings. The molecule has 2 aromatic rings. The first-order valence-electron chi connectivity index (χ1n) is 9.61. The summed E-state index contributed by atoms with van der Waals surface area (Å²) >= 11 is 0. The zero-order valence-corrected chi connectivity index (χ0v) is 16.2. The monoisotopic (exact) mass is 419 g/mol. The van der Waals surface area contributed by atoms with Crippen LogP contribution in [0.1, 0.15) is 35.5 Å². The second-order valence-corrected chi connectivity index (χ2v) is 7.51. The number of para-hydroxylation sites is 1. The lowest BCUT2D eigenvalue weighted by molar-refractivity contribution is -0.0610. The highest BCUT2D eigenvalue weighted by atomic mass is 19.1. The Hall–Kier alpha value is -2.82. The maximum Gasteiger partial charge on any atom is 0.351 e. The molecule has 30 heavy (non-hydrogen) atoms. The molecule has 0 saturated carbocycles. The number of aliphatic hydroxyl groups is 2. The smallest absolute Gasteiger partial charge is 0.351 e. The van der Waals surface area contributed by atoms with E-state index in [0.717, 1.165) is 29.9 Å². The Kier molecular flexibility index (Phi) is 5.31. The minimum absolute atomic E-state index is 0.0209. The molecule has 0 spiro atoms. The van der Waals surface area contributed by atoms with E-state index in [1.807, 2.05) is 6.07 Å². The molecule has 1 saturated heterocycles. The number of anilines is 1. The first kappa shape index (κ1) is 20.5. The van der Waals surface area contributed by atoms with E-state index in [1.54, 1.807) is 12.1 Å². The molecule has 1 aromatic heterocycles. The summed E-state index contributed by atoms with van der Waals surface area (Å²) in [5, 5.41) is 21.7. The van der Waals surface area contributed by atoms with Crippen LogP contribution in [0.3, 0.4) is 0 Å². The van der Waals surface area contributed by atoms with Crippen LogP contribution in [0, 0.1) is 0 Å². The lowest BCUT2D eigenvalue weighted by Gasteiger charge is -2.24. The number of aryl methyl sites for hydroxylation is 1. The van der Waals surface area contributed by atoms with E-state index < -0.39 is 42.3 Å². The predicted molar refractivity (Wildman–Crippen MR) is 103 cm³/mol. The molecular weight excluding hydrogens is 397 g/mol. The van der Waals surface area contributed by atoms with Crippen LogP contribution in [-0.2, 0) is 11.2 Å². The topological polar surface area (TPSA) is 123 Å². The third-order valence-electron chi connectivity index (χ3n) is 5.40. The number of hydrogen-bond donors (Lipinski definition) is 3. The van der Waals surface area contributed by atoms with Crippen LogP contribution >= 0.6 is 0 Å². The van der Waals surface area contributed by atoms with Gasteiger partial charge in [0.05, 0.1) is 18.8 Å². The molecule has 2 unspecified atom stereocenters. The zero-order chi connectivity index (χ0) is 21.5. The molecule has 2 aliphatic heterocycles. The Morgan fingerprint density at radius 1 is 1.43 bits per heavy atom. The number of halogens is 1. The number of carbonyl (C=O) groups is 1. The van der Waals surface area contributed by atoms with Gasteiger partial charge in [0.2, 0.25) is 0 Å². The van der Waals surface area contributed by atoms with Gasteiger partial charge < -0.3 is 25.0 Å². The standard InChI is InChI=1S/C20H22FN3O6/c1-20(21)16(26)13(10-25)30-18(20)24-8-7-14(23-19(24)28)22-17(27)12-6-2-4-11-5-3-9-29-15(11)12/h2,4,6-8,13,16,18,25-26H,3,5,9-10H2,1H3,(H,22,23,27,28)/t13-,16-,18?,20?/m1/s1. The Bertz CT molecular complexity index is 1020. The number of fused-ring (bicyclic) bond motifs is 1. The average molecular weight is 419 g/mol. The van der Waals surface area contributed by atoms with Crippen LogP contribution < -0.4 is 15.7 Å². The molecule has 10 heteroatoms. The molecule has 1 aromatic carbocycles. The summed E-state index contributed by atoms with van der Waals surface area (Å²) in [7, 11) is 0. The molecule has 0 aliphatic carbocycles. The van der Waals surface area contributed by atoms with E-state index in [2.05, 4.69) is 10.3 Å². The summed E-state index contributed by atoms with van der Waals surface area (Å²) in [4.78, 5) is 28.9. The normalized spacial score (nSPS) is 27.9. The van der Waals surface area contributed by atoms with Crippen LogP contribution in [0.5, 0.6) is 5.75 Å². The molecule has 4 rings (SSSR count). The second-order valence-electron chi connectivity index (χ2n) is 7.51. The first-order chi connectivity index (χ1) is 14.3. The molecule has 9 nitrogen and oxygen atoms in total. The van der Waals surface area contributed by atoms with Gasteiger partial charge in [0.25, 0.3) is 5.91 Å². The SMILES string of the molecule is CC1(F)C(n2ccc(NC(=O)c3cccc4c3OCCC4)nc2=O)O[C@H](CO)[C@H]1O. The summed E-state index contributed by atoms with van der Waals surface area (Å²) in [5.74, 6) is 0.0141. The van der Waals surface area contributed by atoms with E-state index in [4.69, 9.17) is 9.47 Å². The number of rotatable bonds is 4. The molecule has 1 fully saturated rings. The number of ether oxygens (including phenoxy) is 2. The fourth-order valence-corrected chi connectivity index (χ4v) is 3.78. The lowest BCUT2D eigenvalue weighted by Crippen LogP contribution is -2.42. The summed E-state index contributed by atoms with van der Waals surface area (Å²) < 4.78 is 26.7. The van der Waals surface area contributed by atoms with Crippen molar-refractivity contribution in [3.05, 3.63) is 52.1 Å². The van der Waals surface area contributed by atoms with E-state index in [0.29, 0.717) is 17.9 Å². The molecule has 3 heterocycles. The largest absolute Gasteiger partial charge is 0.492 e. The summed E-state index contributed by atoms with van der Waals surface area (Å²) in [6.45, 7) is 1.01. The molecule has 4 atom stereocenters. The number of nitrogens with zero attached hydrogens (tertiary/aromatic N) is 2. The van der Waals surface area contributed by atoms with Gasteiger partial charge in [-0.3, -0.25) is 9.36 Å². The van der Waals surface area contributed by atoms with Gasteiger partial charge in [-0.2, -0.15) is 4.98 Å². The minimum Gasteiger partial charge on any atom is -0.492 e. The van der Waals surface area contributed by atoms with Crippen LogP contribution in [0.15, 0.2) is 35.3 Å². The van der Waals surface area contributed by atoms with Crippen molar-refractivity contribution < 1.29 is 28.9 Å². The van der Waals surface area contributed by atoms with Gasteiger partial charge in [-0.25, -0.2) is 9.18 Å². The number of aromatic nitrogens is 2. The van der Waals surface area contributed by atoms with Crippen molar-refractivity contribution in [2.24, 2.45) is 0 Å². The number of hydrogen-bond acceptors (Lipinski definition) is 7. The third kappa shape index (κ3) is 3.47. The van der Waals surface area contributed by atoms with Crippen LogP contribution in [0.4, 0.5) is 10.2 Å². The highest BCUT2D eigenvalue weighted by molar-refractivity contribution is 6.06. The molecule has 160 valence electrons. The van der Waals surface area contributed by atoms with E-state index >= 15 is 0 Å². The van der Waals surface area contributed by atoms with E-state index in [1.165, 1.54) is 12.3 Å². The van der Waals surface area contributed by atoms with Crippen LogP contribution in [0.2, 0.25) is 0 Å². The molecule has 1 amide bonds. The Morgan fingerprint density at radius 2 is 2.23 bits per heavy atom. The third-order valence-corrected chi connectivity index (χ3v) is 5.40. The number of alkyl halides is 1. The van der Waals surface area contributed by atoms with Gasteiger partial charge in [-0.15, -0.1) is 0 Å². The number of nitrogens with one attached hydrogen (secondary N) is 1. The van der Waals surface area contributed by atoms with Crippen LogP contribution in [0.25, 0.3) is 0 Å². The molecule has 0 bridgehead atoms. The maximum absolute atomic E-state index is 14.9. The fraction of sp³-hybridized carbons (Fsp3) is 0.450. The molecular formula is C20H22FN3O6. The second kappa shape index (κ2) is 7.78. The Balaban J connectivity index is 1.56. The predicted octanol–water partition coefficient (Wildman–Crippen LogP) is 0.799. The number of aliphatic hydroxyl groups excluding tert-OH is 2. The van der Waals surface area contributed by atoms with Crippen molar-refractivity contribution in [2.75, 3.05) is 18.5 Å². The quantitative estimate of drug-likeness (QED) is 0.670. The van der Waals surface area contributed by atoms with Crippen molar-refractivity contribution in [2.45, 2.75) is 43.9 Å². The van der Waals surface area contributed by atoms with Crippen molar-refractivity contribution in [3.8, 4) is 5.75 Å². The van der Waals surface area contributed by atoms with Gasteiger partial charge in [0, 0.05) is 6.20 Å². The van der Waals surface area contributed by atoms with Gasteiger partial charge in [0.1, 0.15) is 23.8 Å². The number of benzene rings is 1. The average Bonchev–Trinajstić information content (AvgIpc) is 2.96. The summed E-state index contributed by atoms with van der Waals surface area (Å²) in [6.07, 6.45) is -1.33. The Labute approximate surface area is 171 Å². The van der Waals surface area contributed by atoms with E-state index in [-0.39, 0.29) is 5.82 Å². The summed E-state index contributed by atoms with van der Waals surface area (Å²) in [6, 6.07) is 6.61. The van der Waals surface area contributed by atoms with Crippen molar-refractivity contribution >= 4 is 11.7 Å². The van der Waals surface area contributed by atoms with Crippen molar-refractivity contribution in [1.82, 2.24) is 9.55 Å². The van der Waals surface area contributed by atoms with Crippen molar-refractivity contribution in [3.63, 3.8) is 0 Å². The molecule has 0 radical (unpaired) electrons. The molecule has 3 N–H and O–H groups in total. The van der Waals surface area contributed by atoms with Gasteiger partial charge in [-0.1, -0.05) is 12.1 Å². The number of carbonyl (C=O) groups excluding carboxylic acids is 1. The van der Waals surface area contributed by atoms with Crippen LogP contribution in [-0.4, -0.2) is 56.8 Å². The summed E-state index contributed by atoms with van der Waals surface area (Å²) in [5.41, 5.74) is -1.92. The first-order valence-corrected chi connectivity index (χ1v) is 9.61.